The van der Waals surface area contributed by atoms with Gasteiger partial charge in [0.25, 0.3) is 5.69 Å². The largest absolute Gasteiger partial charge is 0.493 e. The van der Waals surface area contributed by atoms with Crippen LogP contribution >= 0.6 is 0 Å². The van der Waals surface area contributed by atoms with Crippen molar-refractivity contribution in [2.24, 2.45) is 0 Å². The molecule has 1 aromatic heterocycles. The van der Waals surface area contributed by atoms with Gasteiger partial charge >= 0.3 is 6.18 Å². The number of non-ortho nitro benzene ring substituents is 1. The van der Waals surface area contributed by atoms with E-state index in [1.807, 2.05) is 0 Å². The Morgan fingerprint density at radius 2 is 1.92 bits per heavy atom. The van der Waals surface area contributed by atoms with Crippen molar-refractivity contribution < 1.29 is 32.3 Å². The van der Waals surface area contributed by atoms with Gasteiger partial charge in [0.1, 0.15) is 17.7 Å². The smallest absolute Gasteiger partial charge is 0.416 e. The molecule has 196 valence electrons. The Labute approximate surface area is 210 Å². The number of anilines is 1. The van der Waals surface area contributed by atoms with Crippen molar-refractivity contribution in [2.45, 2.75) is 50.4 Å². The van der Waals surface area contributed by atoms with E-state index in [2.05, 4.69) is 10.3 Å². The van der Waals surface area contributed by atoms with Gasteiger partial charge < -0.3 is 19.5 Å². The van der Waals surface area contributed by atoms with Crippen LogP contribution in [0.15, 0.2) is 30.3 Å². The number of aromatic nitrogens is 2. The van der Waals surface area contributed by atoms with Crippen molar-refractivity contribution >= 4 is 22.4 Å². The molecule has 9 nitrogen and oxygen atoms in total. The lowest BCUT2D eigenvalue weighted by Crippen LogP contribution is -2.16. The Kier molecular flexibility index (Phi) is 6.52. The molecule has 1 N–H and O–H groups in total. The maximum atomic E-state index is 13.4. The minimum Gasteiger partial charge on any atom is -0.493 e. The summed E-state index contributed by atoms with van der Waals surface area (Å²) in [7, 11) is 1.53. The Balaban J connectivity index is 1.56. The van der Waals surface area contributed by atoms with Crippen LogP contribution in [-0.4, -0.2) is 41.3 Å². The molecule has 0 radical (unpaired) electrons. The molecule has 1 aliphatic carbocycles. The number of nitrogens with one attached hydrogen (secondary N) is 1. The third kappa shape index (κ3) is 5.38. The van der Waals surface area contributed by atoms with Gasteiger partial charge in [0.05, 0.1) is 42.4 Å². The molecule has 5 rings (SSSR count). The van der Waals surface area contributed by atoms with Crippen LogP contribution in [0.4, 0.5) is 24.7 Å². The van der Waals surface area contributed by atoms with E-state index in [9.17, 15) is 23.3 Å². The second kappa shape index (κ2) is 9.66. The molecular formula is C25H25F3N4O5. The lowest BCUT2D eigenvalue weighted by Gasteiger charge is -2.20. The summed E-state index contributed by atoms with van der Waals surface area (Å²) in [5.74, 6) is 2.19. The summed E-state index contributed by atoms with van der Waals surface area (Å²) >= 11 is 0. The molecular weight excluding hydrogens is 493 g/mol. The van der Waals surface area contributed by atoms with Crippen molar-refractivity contribution in [1.29, 1.82) is 0 Å². The molecule has 0 spiro atoms. The summed E-state index contributed by atoms with van der Waals surface area (Å²) in [4.78, 5) is 19.9. The van der Waals surface area contributed by atoms with Crippen molar-refractivity contribution in [3.8, 4) is 11.5 Å². The van der Waals surface area contributed by atoms with Gasteiger partial charge in [-0.25, -0.2) is 9.97 Å². The number of nitrogens with zero attached hydrogens (tertiary/aromatic N) is 3. The molecule has 3 aromatic rings. The van der Waals surface area contributed by atoms with Crippen LogP contribution in [0.3, 0.4) is 0 Å². The zero-order valence-electron chi connectivity index (χ0n) is 20.2. The standard InChI is InChI=1S/C25H25F3N4O5/c1-13(15-7-16(25(26,27)28)9-17(8-15)32(33)34)29-24-19-10-22(37-18-5-6-36-12-18)21(35-2)11-20(19)30-23(31-24)14-3-4-14/h7-11,13-14,18H,3-6,12H2,1-2H3,(H,29,30,31)/t13-,18?/m1/s1. The minimum absolute atomic E-state index is 0.106. The molecule has 2 aromatic carbocycles. The molecule has 2 aliphatic rings. The van der Waals surface area contributed by atoms with Gasteiger partial charge in [-0.1, -0.05) is 0 Å². The zero-order chi connectivity index (χ0) is 26.3. The lowest BCUT2D eigenvalue weighted by atomic mass is 10.0. The Morgan fingerprint density at radius 1 is 1.14 bits per heavy atom. The van der Waals surface area contributed by atoms with Crippen molar-refractivity contribution in [3.05, 3.63) is 57.4 Å². The van der Waals surface area contributed by atoms with E-state index in [-0.39, 0.29) is 17.6 Å². The number of nitro benzene ring substituents is 1. The number of alkyl halides is 3. The Hall–Kier alpha value is -3.67. The van der Waals surface area contributed by atoms with Gasteiger partial charge in [0.15, 0.2) is 11.5 Å². The first-order valence-electron chi connectivity index (χ1n) is 11.9. The van der Waals surface area contributed by atoms with Crippen LogP contribution in [0.2, 0.25) is 0 Å². The van der Waals surface area contributed by atoms with Gasteiger partial charge in [0.2, 0.25) is 0 Å². The van der Waals surface area contributed by atoms with Gasteiger partial charge in [0, 0.05) is 35.9 Å². The zero-order valence-corrected chi connectivity index (χ0v) is 20.2. The van der Waals surface area contributed by atoms with Crippen LogP contribution in [0, 0.1) is 10.1 Å². The summed E-state index contributed by atoms with van der Waals surface area (Å²) in [6.45, 7) is 2.68. The molecule has 1 unspecified atom stereocenters. The monoisotopic (exact) mass is 518 g/mol. The number of hydrogen-bond acceptors (Lipinski definition) is 8. The molecule has 1 saturated carbocycles. The number of methoxy groups -OCH3 is 1. The van der Waals surface area contributed by atoms with E-state index in [0.717, 1.165) is 31.4 Å². The summed E-state index contributed by atoms with van der Waals surface area (Å²) < 4.78 is 57.4. The number of rotatable bonds is 8. The molecule has 0 bridgehead atoms. The average Bonchev–Trinajstić information content (AvgIpc) is 3.59. The van der Waals surface area contributed by atoms with E-state index in [1.165, 1.54) is 7.11 Å². The first kappa shape index (κ1) is 25.0. The fraction of sp³-hybridized carbons (Fsp3) is 0.440. The topological polar surface area (TPSA) is 109 Å². The maximum Gasteiger partial charge on any atom is 0.416 e. The highest BCUT2D eigenvalue weighted by Crippen LogP contribution is 2.42. The summed E-state index contributed by atoms with van der Waals surface area (Å²) in [6.07, 6.45) is -2.25. The van der Waals surface area contributed by atoms with E-state index >= 15 is 0 Å². The molecule has 1 saturated heterocycles. The first-order chi connectivity index (χ1) is 17.6. The molecule has 12 heteroatoms. The average molecular weight is 518 g/mol. The van der Waals surface area contributed by atoms with Crippen LogP contribution in [0.25, 0.3) is 10.9 Å². The summed E-state index contributed by atoms with van der Waals surface area (Å²) in [5.41, 5.74) is -1.03. The van der Waals surface area contributed by atoms with Crippen LogP contribution in [-0.2, 0) is 10.9 Å². The molecule has 0 amide bonds. The van der Waals surface area contributed by atoms with Crippen molar-refractivity contribution in [3.63, 3.8) is 0 Å². The number of halogens is 3. The molecule has 37 heavy (non-hydrogen) atoms. The van der Waals surface area contributed by atoms with Gasteiger partial charge in [-0.2, -0.15) is 13.2 Å². The molecule has 2 fully saturated rings. The fourth-order valence-corrected chi connectivity index (χ4v) is 4.27. The lowest BCUT2D eigenvalue weighted by molar-refractivity contribution is -0.385. The van der Waals surface area contributed by atoms with Crippen LogP contribution in [0.1, 0.15) is 55.1 Å². The highest BCUT2D eigenvalue weighted by molar-refractivity contribution is 5.92. The predicted molar refractivity (Wildman–Crippen MR) is 128 cm³/mol. The van der Waals surface area contributed by atoms with Gasteiger partial charge in [-0.3, -0.25) is 10.1 Å². The number of hydrogen-bond donors (Lipinski definition) is 1. The van der Waals surface area contributed by atoms with Gasteiger partial charge in [-0.15, -0.1) is 0 Å². The molecule has 1 aliphatic heterocycles. The third-order valence-corrected chi connectivity index (χ3v) is 6.45. The van der Waals surface area contributed by atoms with E-state index in [4.69, 9.17) is 19.2 Å². The second-order valence-corrected chi connectivity index (χ2v) is 9.26. The maximum absolute atomic E-state index is 13.4. The number of ether oxygens (including phenoxy) is 3. The summed E-state index contributed by atoms with van der Waals surface area (Å²) in [5, 5.41) is 15.1. The number of benzene rings is 2. The van der Waals surface area contributed by atoms with E-state index in [1.54, 1.807) is 19.1 Å². The quantitative estimate of drug-likeness (QED) is 0.295. The Morgan fingerprint density at radius 3 is 2.54 bits per heavy atom. The SMILES string of the molecule is COc1cc2nc(C3CC3)nc(N[C@H](C)c3cc([N+](=O)[O-])cc(C(F)(F)F)c3)c2cc1OC1CCOC1. The minimum atomic E-state index is -4.73. The fourth-order valence-electron chi connectivity index (χ4n) is 4.27. The highest BCUT2D eigenvalue weighted by Gasteiger charge is 2.34. The predicted octanol–water partition coefficient (Wildman–Crippen LogP) is 5.78. The van der Waals surface area contributed by atoms with Crippen LogP contribution in [0.5, 0.6) is 11.5 Å². The van der Waals surface area contributed by atoms with Crippen molar-refractivity contribution in [1.82, 2.24) is 9.97 Å². The highest BCUT2D eigenvalue weighted by atomic mass is 19.4. The third-order valence-electron chi connectivity index (χ3n) is 6.45. The first-order valence-corrected chi connectivity index (χ1v) is 11.9. The second-order valence-electron chi connectivity index (χ2n) is 9.26. The molecule has 2 heterocycles. The van der Waals surface area contributed by atoms with Crippen LogP contribution < -0.4 is 14.8 Å². The normalized spacial score (nSPS) is 18.6. The Bertz CT molecular complexity index is 1340. The molecule has 2 atom stereocenters. The number of fused-ring (bicyclic) bond motifs is 1. The van der Waals surface area contributed by atoms with Gasteiger partial charge in [-0.05, 0) is 37.5 Å². The number of nitro groups is 1. The van der Waals surface area contributed by atoms with E-state index in [0.29, 0.717) is 53.3 Å². The van der Waals surface area contributed by atoms with E-state index < -0.39 is 28.4 Å². The summed E-state index contributed by atoms with van der Waals surface area (Å²) in [6, 6.07) is 5.33. The van der Waals surface area contributed by atoms with Crippen molar-refractivity contribution in [2.75, 3.05) is 25.6 Å².